The molecule has 20 heavy (non-hydrogen) atoms. The van der Waals surface area contributed by atoms with Gasteiger partial charge in [0.1, 0.15) is 11.3 Å². The van der Waals surface area contributed by atoms with Crippen LogP contribution in [0.15, 0.2) is 6.20 Å². The molecule has 1 N–H and O–H groups in total. The number of ether oxygens (including phenoxy) is 1. The van der Waals surface area contributed by atoms with Crippen LogP contribution in [0.1, 0.15) is 39.3 Å². The fourth-order valence-electron chi connectivity index (χ4n) is 2.30. The summed E-state index contributed by atoms with van der Waals surface area (Å²) in [6.07, 6.45) is 3.31. The number of hydrogen-bond acceptors (Lipinski definition) is 5. The van der Waals surface area contributed by atoms with Gasteiger partial charge in [0.15, 0.2) is 0 Å². The Morgan fingerprint density at radius 3 is 2.90 bits per heavy atom. The third kappa shape index (κ3) is 3.69. The Balaban J connectivity index is 1.98. The highest BCUT2D eigenvalue weighted by molar-refractivity contribution is 5.68. The predicted molar refractivity (Wildman–Crippen MR) is 71.9 cm³/mol. The average Bonchev–Trinajstić information content (AvgIpc) is 2.96. The molecule has 0 spiro atoms. The van der Waals surface area contributed by atoms with Gasteiger partial charge in [0.05, 0.1) is 25.4 Å². The number of carbonyl (C=O) groups excluding carboxylic acids is 1. The molecular weight excluding hydrogens is 260 g/mol. The zero-order chi connectivity index (χ0) is 14.8. The van der Waals surface area contributed by atoms with Gasteiger partial charge in [-0.05, 0) is 33.6 Å². The number of likely N-dealkylation sites (tertiary alicyclic amines) is 1. The Bertz CT molecular complexity index is 466. The van der Waals surface area contributed by atoms with E-state index in [0.29, 0.717) is 18.8 Å². The summed E-state index contributed by atoms with van der Waals surface area (Å²) in [6.45, 7) is 6.75. The molecule has 7 nitrogen and oxygen atoms in total. The van der Waals surface area contributed by atoms with Gasteiger partial charge in [-0.2, -0.15) is 0 Å². The summed E-state index contributed by atoms with van der Waals surface area (Å²) < 4.78 is 7.08. The largest absolute Gasteiger partial charge is 0.444 e. The number of rotatable bonds is 3. The molecule has 1 aromatic rings. The number of amides is 1. The van der Waals surface area contributed by atoms with Crippen LogP contribution in [0, 0.1) is 0 Å². The first-order valence-corrected chi connectivity index (χ1v) is 6.88. The third-order valence-corrected chi connectivity index (χ3v) is 3.15. The second-order valence-corrected chi connectivity index (χ2v) is 6.06. The maximum atomic E-state index is 12.1. The summed E-state index contributed by atoms with van der Waals surface area (Å²) in [7, 11) is 0. The second-order valence-electron chi connectivity index (χ2n) is 6.06. The summed E-state index contributed by atoms with van der Waals surface area (Å²) in [6, 6.07) is 0.0677. The first kappa shape index (κ1) is 14.8. The van der Waals surface area contributed by atoms with Gasteiger partial charge in [0.2, 0.25) is 0 Å². The van der Waals surface area contributed by atoms with Crippen LogP contribution in [0.25, 0.3) is 0 Å². The fraction of sp³-hybridized carbons (Fsp3) is 0.769. The lowest BCUT2D eigenvalue weighted by molar-refractivity contribution is 0.0211. The van der Waals surface area contributed by atoms with Gasteiger partial charge in [-0.1, -0.05) is 5.21 Å². The van der Waals surface area contributed by atoms with Gasteiger partial charge in [-0.3, -0.25) is 4.68 Å². The van der Waals surface area contributed by atoms with Gasteiger partial charge in [-0.25, -0.2) is 4.79 Å². The zero-order valence-corrected chi connectivity index (χ0v) is 12.2. The van der Waals surface area contributed by atoms with Crippen LogP contribution < -0.4 is 0 Å². The molecule has 7 heteroatoms. The molecule has 0 aliphatic carbocycles. The summed E-state index contributed by atoms with van der Waals surface area (Å²) in [5.41, 5.74) is 0.0495. The molecule has 1 amide bonds. The topological polar surface area (TPSA) is 80.5 Å². The van der Waals surface area contributed by atoms with Crippen LogP contribution in [0.3, 0.4) is 0 Å². The van der Waals surface area contributed by atoms with Crippen LogP contribution in [0.4, 0.5) is 4.79 Å². The summed E-state index contributed by atoms with van der Waals surface area (Å²) in [5.74, 6) is 0. The maximum Gasteiger partial charge on any atom is 0.410 e. The van der Waals surface area contributed by atoms with Crippen molar-refractivity contribution in [3.8, 4) is 0 Å². The first-order chi connectivity index (χ1) is 9.39. The van der Waals surface area contributed by atoms with E-state index in [-0.39, 0.29) is 18.7 Å². The molecule has 0 radical (unpaired) electrons. The molecule has 2 heterocycles. The van der Waals surface area contributed by atoms with E-state index >= 15 is 0 Å². The Hall–Kier alpha value is -1.63. The smallest absolute Gasteiger partial charge is 0.410 e. The Labute approximate surface area is 118 Å². The molecule has 1 aliphatic rings. The van der Waals surface area contributed by atoms with Gasteiger partial charge < -0.3 is 14.7 Å². The van der Waals surface area contributed by atoms with Crippen molar-refractivity contribution in [3.05, 3.63) is 11.9 Å². The van der Waals surface area contributed by atoms with E-state index < -0.39 is 5.60 Å². The van der Waals surface area contributed by atoms with Crippen molar-refractivity contribution in [1.29, 1.82) is 0 Å². The Morgan fingerprint density at radius 1 is 1.55 bits per heavy atom. The summed E-state index contributed by atoms with van der Waals surface area (Å²) >= 11 is 0. The molecular formula is C13H22N4O3. The molecule has 1 fully saturated rings. The average molecular weight is 282 g/mol. The molecule has 1 aromatic heterocycles. The molecule has 0 unspecified atom stereocenters. The molecule has 1 saturated heterocycles. The van der Waals surface area contributed by atoms with Crippen LogP contribution in [-0.2, 0) is 17.9 Å². The number of nitrogens with zero attached hydrogens (tertiary/aromatic N) is 4. The van der Waals surface area contributed by atoms with E-state index in [1.165, 1.54) is 0 Å². The minimum Gasteiger partial charge on any atom is -0.444 e. The Kier molecular flexibility index (Phi) is 4.27. The Morgan fingerprint density at radius 2 is 2.30 bits per heavy atom. The fourth-order valence-corrected chi connectivity index (χ4v) is 2.30. The van der Waals surface area contributed by atoms with E-state index in [2.05, 4.69) is 10.3 Å². The van der Waals surface area contributed by atoms with Crippen molar-refractivity contribution in [2.24, 2.45) is 0 Å². The van der Waals surface area contributed by atoms with Crippen LogP contribution in [0.5, 0.6) is 0 Å². The highest BCUT2D eigenvalue weighted by Crippen LogP contribution is 2.21. The lowest BCUT2D eigenvalue weighted by atomic mass is 10.2. The first-order valence-electron chi connectivity index (χ1n) is 6.88. The number of aliphatic hydroxyl groups is 1. The van der Waals surface area contributed by atoms with E-state index in [0.717, 1.165) is 12.8 Å². The minimum absolute atomic E-state index is 0.0677. The molecule has 112 valence electrons. The highest BCUT2D eigenvalue weighted by Gasteiger charge is 2.32. The molecule has 0 bridgehead atoms. The summed E-state index contributed by atoms with van der Waals surface area (Å²) in [4.78, 5) is 13.9. The van der Waals surface area contributed by atoms with Crippen molar-refractivity contribution < 1.29 is 14.6 Å². The van der Waals surface area contributed by atoms with Crippen LogP contribution >= 0.6 is 0 Å². The highest BCUT2D eigenvalue weighted by atomic mass is 16.6. The van der Waals surface area contributed by atoms with Crippen molar-refractivity contribution in [2.45, 2.75) is 58.4 Å². The van der Waals surface area contributed by atoms with Crippen molar-refractivity contribution in [3.63, 3.8) is 0 Å². The third-order valence-electron chi connectivity index (χ3n) is 3.15. The zero-order valence-electron chi connectivity index (χ0n) is 12.2. The molecule has 0 aromatic carbocycles. The van der Waals surface area contributed by atoms with Gasteiger partial charge in [-0.15, -0.1) is 5.10 Å². The van der Waals surface area contributed by atoms with E-state index in [1.54, 1.807) is 15.8 Å². The number of hydrogen-bond donors (Lipinski definition) is 1. The quantitative estimate of drug-likeness (QED) is 0.900. The standard InChI is InChI=1S/C13H22N4O3/c1-13(2,3)20-12(19)17-6-4-5-11(17)8-16-7-10(9-18)14-15-16/h7,11,18H,4-6,8-9H2,1-3H3/t11-/m0/s1. The molecule has 1 aliphatic heterocycles. The monoisotopic (exact) mass is 282 g/mol. The lowest BCUT2D eigenvalue weighted by Gasteiger charge is -2.28. The number of aromatic nitrogens is 3. The SMILES string of the molecule is CC(C)(C)OC(=O)N1CCC[C@H]1Cn1cc(CO)nn1. The number of aliphatic hydroxyl groups excluding tert-OH is 1. The van der Waals surface area contributed by atoms with Crippen molar-refractivity contribution in [2.75, 3.05) is 6.54 Å². The molecule has 2 rings (SSSR count). The molecule has 0 saturated carbocycles. The van der Waals surface area contributed by atoms with Gasteiger partial charge >= 0.3 is 6.09 Å². The van der Waals surface area contributed by atoms with Gasteiger partial charge in [0.25, 0.3) is 0 Å². The van der Waals surface area contributed by atoms with E-state index in [4.69, 9.17) is 9.84 Å². The molecule has 1 atom stereocenters. The van der Waals surface area contributed by atoms with Crippen LogP contribution in [-0.4, -0.2) is 49.3 Å². The van der Waals surface area contributed by atoms with Crippen molar-refractivity contribution in [1.82, 2.24) is 19.9 Å². The summed E-state index contributed by atoms with van der Waals surface area (Å²) in [5, 5.41) is 16.8. The normalized spacial score (nSPS) is 19.4. The lowest BCUT2D eigenvalue weighted by Crippen LogP contribution is -2.41. The van der Waals surface area contributed by atoms with Gasteiger partial charge in [0, 0.05) is 6.54 Å². The predicted octanol–water partition coefficient (Wildman–Crippen LogP) is 1.17. The van der Waals surface area contributed by atoms with E-state index in [1.807, 2.05) is 20.8 Å². The second kappa shape index (κ2) is 5.78. The minimum atomic E-state index is -0.485. The van der Waals surface area contributed by atoms with Crippen LogP contribution in [0.2, 0.25) is 0 Å². The maximum absolute atomic E-state index is 12.1. The van der Waals surface area contributed by atoms with Crippen molar-refractivity contribution >= 4 is 6.09 Å². The van der Waals surface area contributed by atoms with E-state index in [9.17, 15) is 4.79 Å². The number of carbonyl (C=O) groups is 1.